The summed E-state index contributed by atoms with van der Waals surface area (Å²) in [4.78, 5) is 28.3. The van der Waals surface area contributed by atoms with Crippen LogP contribution < -0.4 is 9.47 Å². The summed E-state index contributed by atoms with van der Waals surface area (Å²) in [7, 11) is 4.34. The van der Waals surface area contributed by atoms with Gasteiger partial charge in [-0.1, -0.05) is 12.2 Å². The number of rotatable bonds is 9. The van der Waals surface area contributed by atoms with Crippen molar-refractivity contribution in [2.45, 2.75) is 55.8 Å². The first-order valence-corrected chi connectivity index (χ1v) is 12.9. The molecule has 0 aromatic heterocycles. The first kappa shape index (κ1) is 26.5. The minimum absolute atomic E-state index is 0.0902. The van der Waals surface area contributed by atoms with Gasteiger partial charge >= 0.3 is 11.9 Å². The van der Waals surface area contributed by atoms with Gasteiger partial charge in [0.05, 0.1) is 27.2 Å². The van der Waals surface area contributed by atoms with Crippen LogP contribution in [0.25, 0.3) is 0 Å². The Labute approximate surface area is 222 Å². The van der Waals surface area contributed by atoms with Crippen LogP contribution in [0.4, 0.5) is 0 Å². The van der Waals surface area contributed by atoms with Crippen LogP contribution in [-0.2, 0) is 35.0 Å². The molecule has 1 aromatic rings. The smallest absolute Gasteiger partial charge is 0.339 e. The first-order valence-electron chi connectivity index (χ1n) is 12.9. The zero-order valence-corrected chi connectivity index (χ0v) is 22.1. The predicted octanol–water partition coefficient (Wildman–Crippen LogP) is 2.23. The highest BCUT2D eigenvalue weighted by atomic mass is 16.7. The molecule has 0 spiro atoms. The first-order chi connectivity index (χ1) is 18.4. The number of ether oxygens (including phenoxy) is 6. The van der Waals surface area contributed by atoms with Crippen molar-refractivity contribution in [1.29, 1.82) is 0 Å². The Balaban J connectivity index is 1.53. The Morgan fingerprint density at radius 3 is 2.63 bits per heavy atom. The largest absolute Gasteiger partial charge is 0.497 e. The van der Waals surface area contributed by atoms with Crippen LogP contribution in [0.2, 0.25) is 0 Å². The van der Waals surface area contributed by atoms with E-state index >= 15 is 0 Å². The monoisotopic (exact) mass is 529 g/mol. The Morgan fingerprint density at radius 2 is 1.89 bits per heavy atom. The van der Waals surface area contributed by atoms with E-state index in [0.717, 1.165) is 49.1 Å². The molecule has 10 heteroatoms. The van der Waals surface area contributed by atoms with E-state index < -0.39 is 30.1 Å². The van der Waals surface area contributed by atoms with Gasteiger partial charge in [0.2, 0.25) is 6.79 Å². The van der Waals surface area contributed by atoms with Crippen LogP contribution in [0, 0.1) is 0 Å². The van der Waals surface area contributed by atoms with Crippen LogP contribution >= 0.6 is 0 Å². The Hall–Kier alpha value is -3.08. The van der Waals surface area contributed by atoms with Crippen molar-refractivity contribution < 1.29 is 43.1 Å². The normalized spacial score (nSPS) is 25.4. The predicted molar refractivity (Wildman–Crippen MR) is 135 cm³/mol. The highest BCUT2D eigenvalue weighted by Crippen LogP contribution is 2.50. The number of carbonyl (C=O) groups is 2. The lowest BCUT2D eigenvalue weighted by Crippen LogP contribution is -2.53. The molecule has 1 fully saturated rings. The van der Waals surface area contributed by atoms with Gasteiger partial charge in [0.1, 0.15) is 5.76 Å². The number of nitrogens with zero attached hydrogens (tertiary/aromatic N) is 1. The minimum Gasteiger partial charge on any atom is -0.497 e. The molecule has 0 radical (unpaired) electrons. The van der Waals surface area contributed by atoms with Crippen LogP contribution in [0.15, 0.2) is 35.6 Å². The maximum Gasteiger partial charge on any atom is 0.339 e. The third-order valence-electron chi connectivity index (χ3n) is 8.02. The Morgan fingerprint density at radius 1 is 1.13 bits per heavy atom. The number of esters is 2. The fourth-order valence-corrected chi connectivity index (χ4v) is 6.10. The summed E-state index contributed by atoms with van der Waals surface area (Å²) in [5.41, 5.74) is 1.13. The highest BCUT2D eigenvalue weighted by Gasteiger charge is 2.51. The van der Waals surface area contributed by atoms with Gasteiger partial charge in [-0.3, -0.25) is 9.69 Å². The molecule has 1 aromatic carbocycles. The van der Waals surface area contributed by atoms with Crippen molar-refractivity contribution in [3.8, 4) is 11.5 Å². The maximum atomic E-state index is 13.7. The average Bonchev–Trinajstić information content (AvgIpc) is 3.30. The maximum absolute atomic E-state index is 13.7. The van der Waals surface area contributed by atoms with Crippen LogP contribution in [0.5, 0.6) is 11.5 Å². The topological polar surface area (TPSA) is 113 Å². The summed E-state index contributed by atoms with van der Waals surface area (Å²) in [6.45, 7) is 2.24. The van der Waals surface area contributed by atoms with Gasteiger partial charge in [-0.2, -0.15) is 0 Å². The molecule has 4 atom stereocenters. The van der Waals surface area contributed by atoms with E-state index in [4.69, 9.17) is 28.4 Å². The molecule has 1 unspecified atom stereocenters. The SMILES string of the molecule is COC/C=C/C[C@@](O)(CC(=O)OC)C(=O)O[C@@H]1C(OC)=C2CCN3CCc4cc5c(cc4[C@H]1C3C2)OCO5. The van der Waals surface area contributed by atoms with Gasteiger partial charge in [-0.15, -0.1) is 0 Å². The van der Waals surface area contributed by atoms with Crippen molar-refractivity contribution >= 4 is 11.9 Å². The van der Waals surface area contributed by atoms with E-state index in [2.05, 4.69) is 4.90 Å². The van der Waals surface area contributed by atoms with E-state index in [9.17, 15) is 14.7 Å². The molecule has 0 amide bonds. The molecule has 5 rings (SSSR count). The van der Waals surface area contributed by atoms with E-state index in [0.29, 0.717) is 23.9 Å². The fourth-order valence-electron chi connectivity index (χ4n) is 6.10. The van der Waals surface area contributed by atoms with Gasteiger partial charge in [0.15, 0.2) is 23.2 Å². The summed E-state index contributed by atoms with van der Waals surface area (Å²) in [5, 5.41) is 11.4. The summed E-state index contributed by atoms with van der Waals surface area (Å²) < 4.78 is 33.2. The molecule has 38 heavy (non-hydrogen) atoms. The lowest BCUT2D eigenvalue weighted by Gasteiger charge is -2.47. The van der Waals surface area contributed by atoms with Gasteiger partial charge in [0, 0.05) is 38.6 Å². The molecular weight excluding hydrogens is 494 g/mol. The third kappa shape index (κ3) is 4.88. The molecule has 1 N–H and O–H groups in total. The molecule has 2 bridgehead atoms. The van der Waals surface area contributed by atoms with Gasteiger partial charge in [0.25, 0.3) is 0 Å². The van der Waals surface area contributed by atoms with Gasteiger partial charge in [-0.25, -0.2) is 4.79 Å². The number of fused-ring (bicyclic) bond motifs is 4. The summed E-state index contributed by atoms with van der Waals surface area (Å²) in [6.07, 6.45) is 4.26. The molecule has 1 saturated heterocycles. The summed E-state index contributed by atoms with van der Waals surface area (Å²) in [5.74, 6) is 0.123. The number of aliphatic hydroxyl groups is 1. The van der Waals surface area contributed by atoms with Gasteiger partial charge in [-0.05, 0) is 48.1 Å². The second kappa shape index (κ2) is 11.0. The minimum atomic E-state index is -2.12. The quantitative estimate of drug-likeness (QED) is 0.377. The third-order valence-corrected chi connectivity index (χ3v) is 8.02. The zero-order chi connectivity index (χ0) is 26.9. The molecule has 10 nitrogen and oxygen atoms in total. The van der Waals surface area contributed by atoms with E-state index in [1.807, 2.05) is 12.1 Å². The number of hydrogen-bond donors (Lipinski definition) is 1. The summed E-state index contributed by atoms with van der Waals surface area (Å²) in [6, 6.07) is 4.11. The lowest BCUT2D eigenvalue weighted by molar-refractivity contribution is -0.178. The van der Waals surface area contributed by atoms with Crippen molar-refractivity contribution in [1.82, 2.24) is 4.90 Å². The van der Waals surface area contributed by atoms with Crippen molar-refractivity contribution in [3.63, 3.8) is 0 Å². The second-order valence-corrected chi connectivity index (χ2v) is 10.2. The van der Waals surface area contributed by atoms with Crippen molar-refractivity contribution in [2.24, 2.45) is 0 Å². The molecule has 0 saturated carbocycles. The fraction of sp³-hybridized carbons (Fsp3) is 0.571. The number of benzene rings is 1. The molecular formula is C28H35NO9. The van der Waals surface area contributed by atoms with Crippen molar-refractivity contribution in [2.75, 3.05) is 47.8 Å². The van der Waals surface area contributed by atoms with Crippen LogP contribution in [0.3, 0.4) is 0 Å². The van der Waals surface area contributed by atoms with E-state index in [-0.39, 0.29) is 25.2 Å². The van der Waals surface area contributed by atoms with E-state index in [1.165, 1.54) is 7.11 Å². The van der Waals surface area contributed by atoms with Crippen LogP contribution in [0.1, 0.15) is 42.7 Å². The number of piperidine rings is 1. The molecule has 3 heterocycles. The molecule has 1 aliphatic carbocycles. The lowest BCUT2D eigenvalue weighted by atomic mass is 9.73. The molecule has 3 aliphatic heterocycles. The van der Waals surface area contributed by atoms with E-state index in [1.54, 1.807) is 26.4 Å². The summed E-state index contributed by atoms with van der Waals surface area (Å²) >= 11 is 0. The average molecular weight is 530 g/mol. The number of carbonyl (C=O) groups excluding carboxylic acids is 2. The molecule has 4 aliphatic rings. The second-order valence-electron chi connectivity index (χ2n) is 10.2. The Kier molecular flexibility index (Phi) is 7.65. The zero-order valence-electron chi connectivity index (χ0n) is 22.1. The van der Waals surface area contributed by atoms with Crippen LogP contribution in [-0.4, -0.2) is 87.5 Å². The standard InChI is InChI=1S/C28H35NO9/c1-33-11-5-4-8-28(32,15-23(30)34-2)27(31)38-26-24-19-14-22-21(36-16-37-22)13-17(19)6-9-29-10-7-18(12-20(24)29)25(26)35-3/h4-5,13-14,20,24,26,32H,6-12,15-16H2,1-3H3/b5-4+/t20?,24-,26-,28+/m0/s1. The van der Waals surface area contributed by atoms with Crippen molar-refractivity contribution in [3.05, 3.63) is 46.7 Å². The van der Waals surface area contributed by atoms with Gasteiger partial charge < -0.3 is 33.5 Å². The highest BCUT2D eigenvalue weighted by molar-refractivity contribution is 5.86. The number of methoxy groups -OCH3 is 3. The number of hydrogen-bond acceptors (Lipinski definition) is 10. The Bertz CT molecular complexity index is 1150. The molecule has 206 valence electrons.